The van der Waals surface area contributed by atoms with Crippen LogP contribution in [0.25, 0.3) is 76.2 Å². The van der Waals surface area contributed by atoms with Crippen LogP contribution in [0, 0.1) is 13.8 Å². The highest BCUT2D eigenvalue weighted by Crippen LogP contribution is 2.49. The second-order valence-corrected chi connectivity index (χ2v) is 15.9. The van der Waals surface area contributed by atoms with Crippen molar-refractivity contribution in [2.45, 2.75) is 13.8 Å². The fraction of sp³-hybridized carbons (Fsp3) is 0.0357. The Labute approximate surface area is 346 Å². The number of furan rings is 2. The Kier molecular flexibility index (Phi) is 7.63. The molecule has 0 spiro atoms. The summed E-state index contributed by atoms with van der Waals surface area (Å²) in [5.41, 5.74) is 12.5. The van der Waals surface area contributed by atoms with Crippen molar-refractivity contribution in [3.05, 3.63) is 205 Å². The number of rotatable bonds is 6. The standard InChI is InChI=1S/C56H38N2O2/c1-35-22-26-53-48(29-35)50-32-40(24-28-55(50)59-53)58(38-15-7-4-8-16-38)52-34-47-41-17-9-11-19-43(41)51(33-46(47)42-18-10-12-20-44(42)52)57(37-13-5-3-6-14-37)39-23-27-54-49(31-39)45-25-21-36(2)30-56(45)60-54/h3-34H,1-2H3. The molecule has 2 heterocycles. The van der Waals surface area contributed by atoms with E-state index in [2.05, 4.69) is 218 Å². The maximum absolute atomic E-state index is 6.36. The van der Waals surface area contributed by atoms with E-state index in [4.69, 9.17) is 8.83 Å². The smallest absolute Gasteiger partial charge is 0.135 e. The zero-order valence-corrected chi connectivity index (χ0v) is 33.2. The van der Waals surface area contributed by atoms with E-state index < -0.39 is 0 Å². The molecule has 10 aromatic carbocycles. The van der Waals surface area contributed by atoms with Gasteiger partial charge in [0.05, 0.1) is 11.4 Å². The van der Waals surface area contributed by atoms with Crippen LogP contribution < -0.4 is 9.80 Å². The quantitative estimate of drug-likeness (QED) is 0.158. The second-order valence-electron chi connectivity index (χ2n) is 15.9. The maximum atomic E-state index is 6.36. The Morgan fingerprint density at radius 2 is 0.683 bits per heavy atom. The minimum Gasteiger partial charge on any atom is -0.456 e. The third-order valence-corrected chi connectivity index (χ3v) is 12.1. The highest BCUT2D eigenvalue weighted by molar-refractivity contribution is 6.25. The Balaban J connectivity index is 1.13. The van der Waals surface area contributed by atoms with E-state index in [1.165, 1.54) is 32.7 Å². The SMILES string of the molecule is Cc1ccc2c(c1)oc1ccc(N(c3ccccc3)c3cc4c5ccccc5c(N(c5ccccc5)c5ccc6oc7ccc(C)cc7c6c5)cc4c4ccccc34)cc12. The number of nitrogens with zero attached hydrogens (tertiary/aromatic N) is 2. The molecule has 0 fully saturated rings. The van der Waals surface area contributed by atoms with Gasteiger partial charge in [-0.2, -0.15) is 0 Å². The molecular formula is C56H38N2O2. The fourth-order valence-corrected chi connectivity index (χ4v) is 9.32. The molecule has 2 aromatic heterocycles. The Bertz CT molecular complexity index is 3640. The van der Waals surface area contributed by atoms with Crippen LogP contribution in [0.2, 0.25) is 0 Å². The molecule has 0 amide bonds. The molecule has 0 atom stereocenters. The molecule has 12 rings (SSSR count). The lowest BCUT2D eigenvalue weighted by atomic mass is 9.93. The van der Waals surface area contributed by atoms with Crippen LogP contribution in [0.15, 0.2) is 203 Å². The summed E-state index contributed by atoms with van der Waals surface area (Å²) in [6.45, 7) is 4.24. The predicted molar refractivity (Wildman–Crippen MR) is 252 cm³/mol. The number of aryl methyl sites for hydroxylation is 2. The highest BCUT2D eigenvalue weighted by Gasteiger charge is 2.23. The van der Waals surface area contributed by atoms with Crippen molar-refractivity contribution in [3.63, 3.8) is 0 Å². The van der Waals surface area contributed by atoms with Gasteiger partial charge in [0.15, 0.2) is 0 Å². The zero-order chi connectivity index (χ0) is 39.9. The average molecular weight is 771 g/mol. The lowest BCUT2D eigenvalue weighted by Crippen LogP contribution is -2.11. The molecule has 0 radical (unpaired) electrons. The molecular weight excluding hydrogens is 733 g/mol. The molecule has 284 valence electrons. The van der Waals surface area contributed by atoms with Gasteiger partial charge in [-0.1, -0.05) is 109 Å². The van der Waals surface area contributed by atoms with Gasteiger partial charge in [0.2, 0.25) is 0 Å². The van der Waals surface area contributed by atoms with Crippen LogP contribution in [0.4, 0.5) is 34.1 Å². The molecule has 0 aliphatic rings. The molecule has 0 aliphatic heterocycles. The molecule has 12 aromatic rings. The van der Waals surface area contributed by atoms with Gasteiger partial charge in [0.1, 0.15) is 22.3 Å². The topological polar surface area (TPSA) is 32.8 Å². The normalized spacial score (nSPS) is 11.8. The van der Waals surface area contributed by atoms with Gasteiger partial charge >= 0.3 is 0 Å². The van der Waals surface area contributed by atoms with Gasteiger partial charge in [0.25, 0.3) is 0 Å². The average Bonchev–Trinajstić information content (AvgIpc) is 3.84. The third kappa shape index (κ3) is 5.38. The van der Waals surface area contributed by atoms with E-state index in [1.807, 2.05) is 0 Å². The largest absolute Gasteiger partial charge is 0.456 e. The molecule has 0 saturated heterocycles. The minimum atomic E-state index is 0.882. The van der Waals surface area contributed by atoms with Gasteiger partial charge < -0.3 is 18.6 Å². The summed E-state index contributed by atoms with van der Waals surface area (Å²) < 4.78 is 12.7. The van der Waals surface area contributed by atoms with Gasteiger partial charge in [-0.3, -0.25) is 0 Å². The summed E-state index contributed by atoms with van der Waals surface area (Å²) >= 11 is 0. The summed E-state index contributed by atoms with van der Waals surface area (Å²) in [5, 5.41) is 11.5. The summed E-state index contributed by atoms with van der Waals surface area (Å²) in [6.07, 6.45) is 0. The van der Waals surface area contributed by atoms with Crippen molar-refractivity contribution < 1.29 is 8.83 Å². The Hall–Kier alpha value is -7.82. The van der Waals surface area contributed by atoms with Gasteiger partial charge in [-0.25, -0.2) is 0 Å². The zero-order valence-electron chi connectivity index (χ0n) is 33.2. The fourth-order valence-electron chi connectivity index (χ4n) is 9.32. The molecule has 4 heteroatoms. The first kappa shape index (κ1) is 34.2. The summed E-state index contributed by atoms with van der Waals surface area (Å²) in [5.74, 6) is 0. The monoisotopic (exact) mass is 770 g/mol. The molecule has 4 nitrogen and oxygen atoms in total. The van der Waals surface area contributed by atoms with Crippen molar-refractivity contribution in [1.29, 1.82) is 0 Å². The van der Waals surface area contributed by atoms with Crippen LogP contribution in [0.5, 0.6) is 0 Å². The maximum Gasteiger partial charge on any atom is 0.135 e. The first-order chi connectivity index (χ1) is 29.6. The number of hydrogen-bond donors (Lipinski definition) is 0. The lowest BCUT2D eigenvalue weighted by molar-refractivity contribution is 0.668. The Morgan fingerprint density at radius 1 is 0.267 bits per heavy atom. The van der Waals surface area contributed by atoms with Gasteiger partial charge in [-0.05, 0) is 132 Å². The van der Waals surface area contributed by atoms with Crippen molar-refractivity contribution in [1.82, 2.24) is 0 Å². The molecule has 0 aliphatic carbocycles. The summed E-state index contributed by atoms with van der Waals surface area (Å²) in [6, 6.07) is 69.9. The van der Waals surface area contributed by atoms with E-state index in [-0.39, 0.29) is 0 Å². The number of fused-ring (bicyclic) bond motifs is 11. The number of benzene rings is 10. The molecule has 0 bridgehead atoms. The van der Waals surface area contributed by atoms with E-state index in [1.54, 1.807) is 0 Å². The Morgan fingerprint density at radius 3 is 1.23 bits per heavy atom. The number of hydrogen-bond acceptors (Lipinski definition) is 4. The predicted octanol–water partition coefficient (Wildman–Crippen LogP) is 16.5. The van der Waals surface area contributed by atoms with E-state index in [0.29, 0.717) is 0 Å². The first-order valence-electron chi connectivity index (χ1n) is 20.5. The van der Waals surface area contributed by atoms with Crippen LogP contribution in [-0.4, -0.2) is 0 Å². The highest BCUT2D eigenvalue weighted by atomic mass is 16.3. The first-order valence-corrected chi connectivity index (χ1v) is 20.5. The van der Waals surface area contributed by atoms with Crippen molar-refractivity contribution in [3.8, 4) is 0 Å². The second kappa shape index (κ2) is 13.4. The number of anilines is 6. The van der Waals surface area contributed by atoms with E-state index in [0.717, 1.165) is 88.8 Å². The van der Waals surface area contributed by atoms with E-state index in [9.17, 15) is 0 Å². The van der Waals surface area contributed by atoms with Crippen molar-refractivity contribution in [2.75, 3.05) is 9.80 Å². The summed E-state index contributed by atoms with van der Waals surface area (Å²) in [7, 11) is 0. The van der Waals surface area contributed by atoms with Crippen molar-refractivity contribution in [2.24, 2.45) is 0 Å². The van der Waals surface area contributed by atoms with Crippen molar-refractivity contribution >= 4 is 110 Å². The van der Waals surface area contributed by atoms with Crippen LogP contribution >= 0.6 is 0 Å². The van der Waals surface area contributed by atoms with Crippen LogP contribution in [0.1, 0.15) is 11.1 Å². The third-order valence-electron chi connectivity index (χ3n) is 12.1. The molecule has 0 saturated carbocycles. The van der Waals surface area contributed by atoms with E-state index >= 15 is 0 Å². The van der Waals surface area contributed by atoms with Gasteiger partial charge in [-0.15, -0.1) is 0 Å². The van der Waals surface area contributed by atoms with Crippen LogP contribution in [0.3, 0.4) is 0 Å². The minimum absolute atomic E-state index is 0.882. The molecule has 0 unspecified atom stereocenters. The summed E-state index contributed by atoms with van der Waals surface area (Å²) in [4.78, 5) is 4.81. The molecule has 60 heavy (non-hydrogen) atoms. The molecule has 0 N–H and O–H groups in total. The lowest BCUT2D eigenvalue weighted by Gasteiger charge is -2.29. The van der Waals surface area contributed by atoms with Gasteiger partial charge in [0, 0.05) is 55.1 Å². The van der Waals surface area contributed by atoms with Crippen LogP contribution in [-0.2, 0) is 0 Å². The number of para-hydroxylation sites is 2.